The van der Waals surface area contributed by atoms with E-state index in [-0.39, 0.29) is 0 Å². The highest BCUT2D eigenvalue weighted by Crippen LogP contribution is 2.19. The van der Waals surface area contributed by atoms with E-state index in [1.807, 2.05) is 0 Å². The van der Waals surface area contributed by atoms with Gasteiger partial charge in [0.2, 0.25) is 6.04 Å². The maximum Gasteiger partial charge on any atom is 0.337 e. The first-order valence-electron chi connectivity index (χ1n) is 4.97. The molecule has 1 aromatic rings. The Bertz CT molecular complexity index is 414. The van der Waals surface area contributed by atoms with Crippen LogP contribution in [0.4, 0.5) is 0 Å². The van der Waals surface area contributed by atoms with Gasteiger partial charge in [-0.25, -0.2) is 4.79 Å². The van der Waals surface area contributed by atoms with Gasteiger partial charge in [-0.05, 0) is 17.7 Å². The molecular weight excluding hydrogens is 226 g/mol. The summed E-state index contributed by atoms with van der Waals surface area (Å²) in [5, 5.41) is 20.2. The molecule has 17 heavy (non-hydrogen) atoms. The number of nitrogens with zero attached hydrogens (tertiary/aromatic N) is 1. The van der Waals surface area contributed by atoms with Crippen molar-refractivity contribution in [3.8, 4) is 0 Å². The summed E-state index contributed by atoms with van der Waals surface area (Å²) in [7, 11) is 1.26. The second-order valence-corrected chi connectivity index (χ2v) is 3.58. The van der Waals surface area contributed by atoms with Gasteiger partial charge in [-0.15, -0.1) is 0 Å². The van der Waals surface area contributed by atoms with Gasteiger partial charge in [0.05, 0.1) is 12.7 Å². The highest BCUT2D eigenvalue weighted by atomic mass is 16.6. The van der Waals surface area contributed by atoms with E-state index in [4.69, 9.17) is 0 Å². The number of hydrogen-bond acceptors (Lipinski definition) is 5. The highest BCUT2D eigenvalue weighted by molar-refractivity contribution is 5.89. The number of nitro groups is 1. The summed E-state index contributed by atoms with van der Waals surface area (Å²) in [6.45, 7) is 1.32. The molecule has 0 saturated carbocycles. The van der Waals surface area contributed by atoms with Crippen LogP contribution in [0.1, 0.15) is 28.9 Å². The second-order valence-electron chi connectivity index (χ2n) is 3.58. The van der Waals surface area contributed by atoms with Gasteiger partial charge in [-0.1, -0.05) is 12.1 Å². The van der Waals surface area contributed by atoms with Crippen LogP contribution in [0.25, 0.3) is 0 Å². The maximum atomic E-state index is 11.1. The SMILES string of the molecule is COC(=O)c1ccc([C@@H](O)[C@H](C)[N+](=O)[O-])cc1. The fraction of sp³-hybridized carbons (Fsp3) is 0.364. The molecule has 0 radical (unpaired) electrons. The van der Waals surface area contributed by atoms with Crippen LogP contribution >= 0.6 is 0 Å². The van der Waals surface area contributed by atoms with E-state index in [0.29, 0.717) is 11.1 Å². The normalized spacial score (nSPS) is 13.8. The molecule has 0 fully saturated rings. The number of carbonyl (C=O) groups excluding carboxylic acids is 1. The maximum absolute atomic E-state index is 11.1. The quantitative estimate of drug-likeness (QED) is 0.484. The number of aliphatic hydroxyl groups is 1. The Morgan fingerprint density at radius 1 is 1.41 bits per heavy atom. The van der Waals surface area contributed by atoms with Crippen LogP contribution in [0, 0.1) is 10.1 Å². The summed E-state index contributed by atoms with van der Waals surface area (Å²) < 4.78 is 4.51. The Balaban J connectivity index is 2.87. The van der Waals surface area contributed by atoms with Crippen molar-refractivity contribution in [1.82, 2.24) is 0 Å². The van der Waals surface area contributed by atoms with E-state index in [0.717, 1.165) is 0 Å². The zero-order chi connectivity index (χ0) is 13.0. The largest absolute Gasteiger partial charge is 0.465 e. The van der Waals surface area contributed by atoms with Gasteiger partial charge >= 0.3 is 5.97 Å². The number of methoxy groups -OCH3 is 1. The molecule has 0 heterocycles. The van der Waals surface area contributed by atoms with Crippen molar-refractivity contribution in [2.75, 3.05) is 7.11 Å². The molecule has 92 valence electrons. The molecule has 1 aromatic carbocycles. The average Bonchev–Trinajstić information content (AvgIpc) is 2.36. The van der Waals surface area contributed by atoms with Crippen molar-refractivity contribution in [2.45, 2.75) is 19.1 Å². The fourth-order valence-electron chi connectivity index (χ4n) is 1.33. The number of aliphatic hydroxyl groups excluding tert-OH is 1. The molecule has 1 rings (SSSR count). The number of esters is 1. The third kappa shape index (κ3) is 3.01. The summed E-state index contributed by atoms with van der Waals surface area (Å²) >= 11 is 0. The van der Waals surface area contributed by atoms with E-state index in [1.165, 1.54) is 38.3 Å². The van der Waals surface area contributed by atoms with E-state index in [2.05, 4.69) is 4.74 Å². The van der Waals surface area contributed by atoms with Gasteiger partial charge in [0.25, 0.3) is 0 Å². The summed E-state index contributed by atoms with van der Waals surface area (Å²) in [6, 6.07) is 4.75. The molecule has 0 spiro atoms. The summed E-state index contributed by atoms with van der Waals surface area (Å²) in [5.74, 6) is -0.492. The first-order valence-corrected chi connectivity index (χ1v) is 4.97. The number of carbonyl (C=O) groups is 1. The van der Waals surface area contributed by atoms with Crippen LogP contribution in [-0.4, -0.2) is 29.2 Å². The highest BCUT2D eigenvalue weighted by Gasteiger charge is 2.25. The third-order valence-corrected chi connectivity index (χ3v) is 2.46. The van der Waals surface area contributed by atoms with Crippen LogP contribution in [0.2, 0.25) is 0 Å². The van der Waals surface area contributed by atoms with Crippen molar-refractivity contribution in [1.29, 1.82) is 0 Å². The predicted octanol–water partition coefficient (Wildman–Crippen LogP) is 1.17. The summed E-state index contributed by atoms with van der Waals surface area (Å²) in [6.07, 6.45) is -1.20. The summed E-state index contributed by atoms with van der Waals surface area (Å²) in [4.78, 5) is 21.1. The topological polar surface area (TPSA) is 89.7 Å². The van der Waals surface area contributed by atoms with Gasteiger partial charge in [0, 0.05) is 11.8 Å². The third-order valence-electron chi connectivity index (χ3n) is 2.46. The molecule has 0 aliphatic heterocycles. The van der Waals surface area contributed by atoms with E-state index >= 15 is 0 Å². The lowest BCUT2D eigenvalue weighted by Crippen LogP contribution is -2.23. The van der Waals surface area contributed by atoms with Crippen molar-refractivity contribution < 1.29 is 19.6 Å². The van der Waals surface area contributed by atoms with Crippen molar-refractivity contribution in [3.63, 3.8) is 0 Å². The smallest absolute Gasteiger partial charge is 0.337 e. The Hall–Kier alpha value is -1.95. The van der Waals surface area contributed by atoms with Crippen LogP contribution in [0.5, 0.6) is 0 Å². The first kappa shape index (κ1) is 13.1. The van der Waals surface area contributed by atoms with Gasteiger partial charge in [-0.3, -0.25) is 10.1 Å². The number of ether oxygens (including phenoxy) is 1. The number of hydrogen-bond donors (Lipinski definition) is 1. The summed E-state index contributed by atoms with van der Waals surface area (Å²) in [5.41, 5.74) is 0.721. The van der Waals surface area contributed by atoms with Gasteiger partial charge in [0.15, 0.2) is 0 Å². The zero-order valence-corrected chi connectivity index (χ0v) is 9.49. The van der Waals surface area contributed by atoms with E-state index in [1.54, 1.807) is 0 Å². The van der Waals surface area contributed by atoms with Crippen LogP contribution in [0.3, 0.4) is 0 Å². The first-order chi connectivity index (χ1) is 7.97. The minimum absolute atomic E-state index is 0.331. The van der Waals surface area contributed by atoms with Crippen LogP contribution in [-0.2, 0) is 4.74 Å². The molecule has 0 aliphatic carbocycles. The lowest BCUT2D eigenvalue weighted by atomic mass is 10.0. The molecule has 6 heteroatoms. The standard InChI is InChI=1S/C11H13NO5/c1-7(12(15)16)10(13)8-3-5-9(6-4-8)11(14)17-2/h3-7,10,13H,1-2H3/t7-,10-/m0/s1. The molecule has 0 aliphatic rings. The van der Waals surface area contributed by atoms with E-state index < -0.39 is 23.0 Å². The minimum atomic E-state index is -1.20. The van der Waals surface area contributed by atoms with Crippen molar-refractivity contribution in [2.24, 2.45) is 0 Å². The monoisotopic (exact) mass is 239 g/mol. The van der Waals surface area contributed by atoms with Crippen molar-refractivity contribution in [3.05, 3.63) is 45.5 Å². The van der Waals surface area contributed by atoms with Crippen LogP contribution in [0.15, 0.2) is 24.3 Å². The predicted molar refractivity (Wildman–Crippen MR) is 59.2 cm³/mol. The van der Waals surface area contributed by atoms with Crippen molar-refractivity contribution >= 4 is 5.97 Å². The van der Waals surface area contributed by atoms with Crippen LogP contribution < -0.4 is 0 Å². The lowest BCUT2D eigenvalue weighted by molar-refractivity contribution is -0.531. The van der Waals surface area contributed by atoms with Gasteiger partial charge < -0.3 is 9.84 Å². The Morgan fingerprint density at radius 2 is 1.94 bits per heavy atom. The van der Waals surface area contributed by atoms with Gasteiger partial charge in [0.1, 0.15) is 6.10 Å². The zero-order valence-electron chi connectivity index (χ0n) is 9.49. The lowest BCUT2D eigenvalue weighted by Gasteiger charge is -2.12. The Morgan fingerprint density at radius 3 is 2.35 bits per heavy atom. The molecule has 0 unspecified atom stereocenters. The Labute approximate surface area is 98.0 Å². The second kappa shape index (κ2) is 5.40. The number of benzene rings is 1. The minimum Gasteiger partial charge on any atom is -0.465 e. The Kier molecular flexibility index (Phi) is 4.17. The molecule has 2 atom stereocenters. The van der Waals surface area contributed by atoms with E-state index in [9.17, 15) is 20.0 Å². The molecule has 6 nitrogen and oxygen atoms in total. The molecule has 0 aromatic heterocycles. The molecule has 1 N–H and O–H groups in total. The molecular formula is C11H13NO5. The molecule has 0 amide bonds. The average molecular weight is 239 g/mol. The fourth-order valence-corrected chi connectivity index (χ4v) is 1.33. The molecule has 0 saturated heterocycles. The number of rotatable bonds is 4. The van der Waals surface area contributed by atoms with Gasteiger partial charge in [-0.2, -0.15) is 0 Å². The molecule has 0 bridgehead atoms.